The summed E-state index contributed by atoms with van der Waals surface area (Å²) >= 11 is 0. The Morgan fingerprint density at radius 3 is 2.61 bits per heavy atom. The van der Waals surface area contributed by atoms with Crippen molar-refractivity contribution < 1.29 is 4.79 Å². The highest BCUT2D eigenvalue weighted by atomic mass is 16.1. The van der Waals surface area contributed by atoms with Crippen LogP contribution >= 0.6 is 0 Å². The van der Waals surface area contributed by atoms with E-state index < -0.39 is 0 Å². The minimum absolute atomic E-state index is 0.128. The number of piperazine rings is 1. The Balaban J connectivity index is 1.56. The molecule has 0 atom stereocenters. The summed E-state index contributed by atoms with van der Waals surface area (Å²) in [5.41, 5.74) is 8.27. The second kappa shape index (κ2) is 6.79. The summed E-state index contributed by atoms with van der Waals surface area (Å²) in [6, 6.07) is 11.5. The first kappa shape index (κ1) is 15.5. The lowest BCUT2D eigenvalue weighted by molar-refractivity contribution is 0.0926. The van der Waals surface area contributed by atoms with E-state index in [9.17, 15) is 4.79 Å². The predicted molar refractivity (Wildman–Crippen MR) is 92.8 cm³/mol. The first-order chi connectivity index (χ1) is 11.1. The second-order valence-electron chi connectivity index (χ2n) is 5.95. The molecule has 1 aromatic heterocycles. The number of carbonyl (C=O) groups is 1. The van der Waals surface area contributed by atoms with Crippen LogP contribution in [0.4, 0.5) is 11.5 Å². The number of aromatic nitrogens is 1. The van der Waals surface area contributed by atoms with Crippen molar-refractivity contribution in [1.29, 1.82) is 0 Å². The molecule has 5 heteroatoms. The number of ketones is 1. The molecule has 2 N–H and O–H groups in total. The Labute approximate surface area is 136 Å². The SMILES string of the molecule is Cc1ccc(C(=O)CN2CCN(c3ccccn3)CC2)cc1N. The molecule has 0 unspecified atom stereocenters. The minimum Gasteiger partial charge on any atom is -0.398 e. The molecule has 120 valence electrons. The molecule has 23 heavy (non-hydrogen) atoms. The number of hydrogen-bond acceptors (Lipinski definition) is 5. The maximum absolute atomic E-state index is 12.4. The zero-order chi connectivity index (χ0) is 16.2. The summed E-state index contributed by atoms with van der Waals surface area (Å²) in [6.07, 6.45) is 1.81. The van der Waals surface area contributed by atoms with Gasteiger partial charge < -0.3 is 10.6 Å². The monoisotopic (exact) mass is 310 g/mol. The Hall–Kier alpha value is -2.40. The van der Waals surface area contributed by atoms with E-state index in [-0.39, 0.29) is 5.78 Å². The van der Waals surface area contributed by atoms with Gasteiger partial charge in [-0.15, -0.1) is 0 Å². The van der Waals surface area contributed by atoms with Crippen LogP contribution in [-0.4, -0.2) is 48.4 Å². The summed E-state index contributed by atoms with van der Waals surface area (Å²) in [6.45, 7) is 5.90. The molecule has 1 saturated heterocycles. The third-order valence-electron chi connectivity index (χ3n) is 4.31. The van der Waals surface area contributed by atoms with Crippen LogP contribution in [0.1, 0.15) is 15.9 Å². The van der Waals surface area contributed by atoms with Crippen LogP contribution in [-0.2, 0) is 0 Å². The van der Waals surface area contributed by atoms with Gasteiger partial charge in [0.05, 0.1) is 6.54 Å². The van der Waals surface area contributed by atoms with Crippen molar-refractivity contribution in [1.82, 2.24) is 9.88 Å². The van der Waals surface area contributed by atoms with Gasteiger partial charge in [0.1, 0.15) is 5.82 Å². The van der Waals surface area contributed by atoms with Gasteiger partial charge in [-0.1, -0.05) is 18.2 Å². The van der Waals surface area contributed by atoms with Crippen LogP contribution in [0.2, 0.25) is 0 Å². The minimum atomic E-state index is 0.128. The first-order valence-corrected chi connectivity index (χ1v) is 7.91. The highest BCUT2D eigenvalue weighted by Crippen LogP contribution is 2.15. The third-order valence-corrected chi connectivity index (χ3v) is 4.31. The lowest BCUT2D eigenvalue weighted by Gasteiger charge is -2.35. The number of anilines is 2. The van der Waals surface area contributed by atoms with Crippen molar-refractivity contribution >= 4 is 17.3 Å². The number of nitrogen functional groups attached to an aromatic ring is 1. The summed E-state index contributed by atoms with van der Waals surface area (Å²) in [5, 5.41) is 0. The number of nitrogens with zero attached hydrogens (tertiary/aromatic N) is 3. The van der Waals surface area contributed by atoms with E-state index in [0.717, 1.165) is 37.6 Å². The van der Waals surface area contributed by atoms with E-state index in [2.05, 4.69) is 14.8 Å². The maximum Gasteiger partial charge on any atom is 0.176 e. The van der Waals surface area contributed by atoms with E-state index >= 15 is 0 Å². The van der Waals surface area contributed by atoms with Crippen molar-refractivity contribution in [3.8, 4) is 0 Å². The Morgan fingerprint density at radius 2 is 1.96 bits per heavy atom. The zero-order valence-electron chi connectivity index (χ0n) is 13.4. The number of benzene rings is 1. The van der Waals surface area contributed by atoms with E-state index in [0.29, 0.717) is 17.8 Å². The first-order valence-electron chi connectivity index (χ1n) is 7.91. The van der Waals surface area contributed by atoms with Gasteiger partial charge in [-0.05, 0) is 30.7 Å². The molecule has 0 spiro atoms. The van der Waals surface area contributed by atoms with Gasteiger partial charge in [0.25, 0.3) is 0 Å². The van der Waals surface area contributed by atoms with E-state index in [1.165, 1.54) is 0 Å². The smallest absolute Gasteiger partial charge is 0.176 e. The van der Waals surface area contributed by atoms with Crippen LogP contribution in [0.15, 0.2) is 42.6 Å². The number of nitrogens with two attached hydrogens (primary N) is 1. The lowest BCUT2D eigenvalue weighted by Crippen LogP contribution is -2.48. The van der Waals surface area contributed by atoms with Gasteiger partial charge >= 0.3 is 0 Å². The molecule has 0 saturated carbocycles. The summed E-state index contributed by atoms with van der Waals surface area (Å²) in [4.78, 5) is 21.2. The highest BCUT2D eigenvalue weighted by molar-refractivity contribution is 5.98. The van der Waals surface area contributed by atoms with Crippen molar-refractivity contribution in [2.24, 2.45) is 0 Å². The van der Waals surface area contributed by atoms with E-state index in [4.69, 9.17) is 5.73 Å². The van der Waals surface area contributed by atoms with Gasteiger partial charge in [0.2, 0.25) is 0 Å². The van der Waals surface area contributed by atoms with Crippen LogP contribution in [0.25, 0.3) is 0 Å². The maximum atomic E-state index is 12.4. The quantitative estimate of drug-likeness (QED) is 0.691. The van der Waals surface area contributed by atoms with Crippen LogP contribution in [0.3, 0.4) is 0 Å². The molecule has 0 aliphatic carbocycles. The van der Waals surface area contributed by atoms with Crippen LogP contribution < -0.4 is 10.6 Å². The number of rotatable bonds is 4. The zero-order valence-corrected chi connectivity index (χ0v) is 13.4. The molecule has 1 fully saturated rings. The fraction of sp³-hybridized carbons (Fsp3) is 0.333. The Kier molecular flexibility index (Phi) is 4.57. The molecule has 2 heterocycles. The van der Waals surface area contributed by atoms with Crippen molar-refractivity contribution in [2.45, 2.75) is 6.92 Å². The number of Topliss-reactive ketones (excluding diaryl/α,β-unsaturated/α-hetero) is 1. The Bertz CT molecular complexity index is 679. The molecular weight excluding hydrogens is 288 g/mol. The molecule has 0 amide bonds. The molecule has 0 radical (unpaired) electrons. The molecule has 1 aromatic carbocycles. The number of carbonyl (C=O) groups excluding carboxylic acids is 1. The fourth-order valence-corrected chi connectivity index (χ4v) is 2.78. The molecule has 1 aliphatic heterocycles. The lowest BCUT2D eigenvalue weighted by atomic mass is 10.1. The molecule has 5 nitrogen and oxygen atoms in total. The molecule has 1 aliphatic rings. The topological polar surface area (TPSA) is 62.5 Å². The van der Waals surface area contributed by atoms with Gasteiger partial charge in [-0.25, -0.2) is 4.98 Å². The van der Waals surface area contributed by atoms with Gasteiger partial charge in [0.15, 0.2) is 5.78 Å². The largest absolute Gasteiger partial charge is 0.398 e. The average Bonchev–Trinajstić information content (AvgIpc) is 2.59. The number of aryl methyl sites for hydroxylation is 1. The molecular formula is C18H22N4O. The Morgan fingerprint density at radius 1 is 1.17 bits per heavy atom. The normalized spacial score (nSPS) is 15.6. The van der Waals surface area contributed by atoms with Gasteiger partial charge in [0, 0.05) is 43.6 Å². The van der Waals surface area contributed by atoms with Crippen molar-refractivity contribution in [3.63, 3.8) is 0 Å². The third kappa shape index (κ3) is 3.68. The summed E-state index contributed by atoms with van der Waals surface area (Å²) in [5.74, 6) is 1.13. The highest BCUT2D eigenvalue weighted by Gasteiger charge is 2.20. The predicted octanol–water partition coefficient (Wildman–Crippen LogP) is 1.98. The van der Waals surface area contributed by atoms with Crippen molar-refractivity contribution in [2.75, 3.05) is 43.4 Å². The average molecular weight is 310 g/mol. The van der Waals surface area contributed by atoms with Gasteiger partial charge in [-0.3, -0.25) is 9.69 Å². The number of pyridine rings is 1. The van der Waals surface area contributed by atoms with Gasteiger partial charge in [-0.2, -0.15) is 0 Å². The summed E-state index contributed by atoms with van der Waals surface area (Å²) < 4.78 is 0. The van der Waals surface area contributed by atoms with E-state index in [1.54, 1.807) is 6.07 Å². The molecule has 2 aromatic rings. The standard InChI is InChI=1S/C18H22N4O/c1-14-5-6-15(12-16(14)19)17(23)13-21-8-10-22(11-9-21)18-4-2-3-7-20-18/h2-7,12H,8-11,13,19H2,1H3. The molecule has 3 rings (SSSR count). The van der Waals surface area contributed by atoms with Crippen LogP contribution in [0, 0.1) is 6.92 Å². The molecule has 0 bridgehead atoms. The van der Waals surface area contributed by atoms with E-state index in [1.807, 2.05) is 43.5 Å². The number of hydrogen-bond donors (Lipinski definition) is 1. The van der Waals surface area contributed by atoms with Crippen molar-refractivity contribution in [3.05, 3.63) is 53.7 Å². The van der Waals surface area contributed by atoms with Crippen LogP contribution in [0.5, 0.6) is 0 Å². The summed E-state index contributed by atoms with van der Waals surface area (Å²) in [7, 11) is 0. The second-order valence-corrected chi connectivity index (χ2v) is 5.95. The fourth-order valence-electron chi connectivity index (χ4n) is 2.78.